The van der Waals surface area contributed by atoms with E-state index < -0.39 is 21.2 Å². The molecule has 41 heavy (non-hydrogen) atoms. The molecule has 3 aromatic rings. The Kier molecular flexibility index (Phi) is 9.05. The van der Waals surface area contributed by atoms with E-state index in [9.17, 15) is 18.0 Å². The summed E-state index contributed by atoms with van der Waals surface area (Å²) in [6.07, 6.45) is 4.97. The Balaban J connectivity index is 0.000000426. The van der Waals surface area contributed by atoms with E-state index in [4.69, 9.17) is 22.7 Å². The van der Waals surface area contributed by atoms with Crippen molar-refractivity contribution in [3.05, 3.63) is 84.6 Å². The van der Waals surface area contributed by atoms with Crippen LogP contribution in [0.5, 0.6) is 0 Å². The third kappa shape index (κ3) is 7.41. The zero-order chi connectivity index (χ0) is 30.0. The molecule has 3 atom stereocenters. The molecule has 5 rings (SSSR count). The lowest BCUT2D eigenvalue weighted by Crippen LogP contribution is -2.40. The van der Waals surface area contributed by atoms with Gasteiger partial charge in [0.2, 0.25) is 0 Å². The van der Waals surface area contributed by atoms with Gasteiger partial charge in [-0.15, -0.1) is 0 Å². The summed E-state index contributed by atoms with van der Waals surface area (Å²) in [5, 5.41) is 1.07. The fourth-order valence-corrected chi connectivity index (χ4v) is 7.14. The third-order valence-corrected chi connectivity index (χ3v) is 9.49. The zero-order valence-corrected chi connectivity index (χ0v) is 24.4. The number of hydrogen-bond acceptors (Lipinski definition) is 6. The summed E-state index contributed by atoms with van der Waals surface area (Å²) in [7, 11) is -6.34. The zero-order valence-electron chi connectivity index (χ0n) is 22.7. The van der Waals surface area contributed by atoms with Crippen LogP contribution < -0.4 is 0 Å². The highest BCUT2D eigenvalue weighted by atomic mass is 32.2. The van der Waals surface area contributed by atoms with E-state index >= 15 is 0 Å². The molecule has 2 aliphatic heterocycles. The average Bonchev–Trinajstić information content (AvgIpc) is 3.48. The van der Waals surface area contributed by atoms with Crippen molar-refractivity contribution in [3.63, 3.8) is 0 Å². The van der Waals surface area contributed by atoms with Gasteiger partial charge in [0.1, 0.15) is 16.5 Å². The normalized spacial score (nSPS) is 20.5. The minimum Gasteiger partial charge on any atom is -0.741 e. The summed E-state index contributed by atoms with van der Waals surface area (Å²) in [6, 6.07) is 26.1. The van der Waals surface area contributed by atoms with Gasteiger partial charge < -0.3 is 14.2 Å². The number of fused-ring (bicyclic) bond motifs is 2. The molecule has 7 nitrogen and oxygen atoms in total. The van der Waals surface area contributed by atoms with Crippen molar-refractivity contribution in [2.45, 2.75) is 84.0 Å². The van der Waals surface area contributed by atoms with Crippen molar-refractivity contribution in [2.75, 3.05) is 0 Å². The summed E-state index contributed by atoms with van der Waals surface area (Å²) >= 11 is 0. The second-order valence-corrected chi connectivity index (χ2v) is 14.1. The fraction of sp³-hybridized carbons (Fsp3) is 0.379. The minimum atomic E-state index is -6.09. The lowest BCUT2D eigenvalue weighted by Gasteiger charge is -2.28. The van der Waals surface area contributed by atoms with Crippen molar-refractivity contribution in [2.24, 2.45) is 0 Å². The van der Waals surface area contributed by atoms with Gasteiger partial charge in [0.25, 0.3) is 5.03 Å². The van der Waals surface area contributed by atoms with E-state index in [0.29, 0.717) is 5.92 Å². The van der Waals surface area contributed by atoms with Crippen LogP contribution in [0.1, 0.15) is 51.5 Å². The number of aromatic nitrogens is 1. The molecule has 220 valence electrons. The molecule has 0 N–H and O–H groups in total. The van der Waals surface area contributed by atoms with E-state index in [-0.39, 0.29) is 29.1 Å². The largest absolute Gasteiger partial charge is 0.741 e. The molecule has 2 fully saturated rings. The Morgan fingerprint density at radius 1 is 0.951 bits per heavy atom. The van der Waals surface area contributed by atoms with Crippen LogP contribution in [0.4, 0.5) is 18.0 Å². The van der Waals surface area contributed by atoms with Gasteiger partial charge in [-0.2, -0.15) is 13.2 Å². The number of alkyl halides is 3. The van der Waals surface area contributed by atoms with Gasteiger partial charge in [0.05, 0.1) is 0 Å². The summed E-state index contributed by atoms with van der Waals surface area (Å²) in [5.74, 6) is 0.327. The molecule has 0 aliphatic carbocycles. The fourth-order valence-electron chi connectivity index (χ4n) is 5.17. The Morgan fingerprint density at radius 2 is 1.49 bits per heavy atom. The smallest absolute Gasteiger partial charge is 0.485 e. The van der Waals surface area contributed by atoms with E-state index in [1.54, 1.807) is 0 Å². The van der Waals surface area contributed by atoms with Crippen LogP contribution >= 0.6 is 0 Å². The predicted octanol–water partition coefficient (Wildman–Crippen LogP) is 6.48. The van der Waals surface area contributed by atoms with Crippen molar-refractivity contribution in [1.82, 2.24) is 9.88 Å². The number of nitrogens with zero attached hydrogens (tertiary/aromatic N) is 2. The number of pyridine rings is 1. The first-order valence-electron chi connectivity index (χ1n) is 13.0. The van der Waals surface area contributed by atoms with Crippen LogP contribution in [0.15, 0.2) is 93.8 Å². The maximum absolute atomic E-state index is 12.8. The van der Waals surface area contributed by atoms with Gasteiger partial charge in [-0.05, 0) is 69.9 Å². The van der Waals surface area contributed by atoms with Crippen LogP contribution in [0, 0.1) is 0 Å². The Labute approximate surface area is 240 Å². The maximum atomic E-state index is 12.8. The molecule has 1 aromatic heterocycles. The molecule has 0 radical (unpaired) electrons. The molecule has 1 amide bonds. The highest BCUT2D eigenvalue weighted by Crippen LogP contribution is 2.47. The molecule has 0 spiro atoms. The van der Waals surface area contributed by atoms with Crippen molar-refractivity contribution < 1.29 is 35.7 Å². The van der Waals surface area contributed by atoms with Crippen LogP contribution in [0.3, 0.4) is 0 Å². The molecule has 0 unspecified atom stereocenters. The first-order chi connectivity index (χ1) is 19.2. The highest BCUT2D eigenvalue weighted by molar-refractivity contribution is 7.97. The molecule has 0 saturated carbocycles. The van der Waals surface area contributed by atoms with Crippen LogP contribution in [0.2, 0.25) is 0 Å². The van der Waals surface area contributed by atoms with Crippen LogP contribution in [-0.2, 0) is 25.7 Å². The molecule has 2 bridgehead atoms. The van der Waals surface area contributed by atoms with Crippen molar-refractivity contribution >= 4 is 27.1 Å². The van der Waals surface area contributed by atoms with Gasteiger partial charge >= 0.3 is 11.6 Å². The summed E-state index contributed by atoms with van der Waals surface area (Å²) < 4.78 is 64.6. The number of ether oxygens (including phenoxy) is 1. The topological polar surface area (TPSA) is 99.6 Å². The van der Waals surface area contributed by atoms with E-state index in [0.717, 1.165) is 24.3 Å². The van der Waals surface area contributed by atoms with Gasteiger partial charge in [0, 0.05) is 30.3 Å². The predicted molar refractivity (Wildman–Crippen MR) is 147 cm³/mol. The second kappa shape index (κ2) is 12.0. The van der Waals surface area contributed by atoms with E-state index in [1.165, 1.54) is 15.4 Å². The Morgan fingerprint density at radius 3 is 1.93 bits per heavy atom. The Hall–Kier alpha value is -3.09. The summed E-state index contributed by atoms with van der Waals surface area (Å²) in [4.78, 5) is 22.3. The highest BCUT2D eigenvalue weighted by Gasteiger charge is 2.50. The molecular formula is C29H31F3N2O5S2. The van der Waals surface area contributed by atoms with Gasteiger partial charge in [-0.25, -0.2) is 18.2 Å². The minimum absolute atomic E-state index is 0.170. The van der Waals surface area contributed by atoms with E-state index in [2.05, 4.69) is 72.8 Å². The number of benzene rings is 2. The van der Waals surface area contributed by atoms with Crippen molar-refractivity contribution in [1.29, 1.82) is 0 Å². The van der Waals surface area contributed by atoms with Gasteiger partial charge in [-0.1, -0.05) is 42.5 Å². The Bertz CT molecular complexity index is 1390. The summed E-state index contributed by atoms with van der Waals surface area (Å²) in [6.45, 7) is 5.79. The lowest BCUT2D eigenvalue weighted by atomic mass is 9.85. The molecule has 2 aliphatic rings. The second-order valence-electron chi connectivity index (χ2n) is 10.8. The molecule has 3 heterocycles. The maximum Gasteiger partial charge on any atom is 0.485 e. The monoisotopic (exact) mass is 608 g/mol. The first kappa shape index (κ1) is 30.9. The van der Waals surface area contributed by atoms with Crippen LogP contribution in [-0.4, -0.2) is 52.1 Å². The number of carbonyl (C=O) groups is 1. The SMILES string of the molecule is CC(C)(C)OC(=O)N1[C@H]2CC[C@@H]1[C@@H](c1ccc([S+](c3ccccc3)c3ccccc3)nc1)C2.O=S(=O)([O-])C(F)(F)F. The quantitative estimate of drug-likeness (QED) is 0.191. The lowest BCUT2D eigenvalue weighted by molar-refractivity contribution is -0.0517. The van der Waals surface area contributed by atoms with E-state index in [1.807, 2.05) is 31.9 Å². The molecule has 2 aromatic carbocycles. The van der Waals surface area contributed by atoms with Crippen molar-refractivity contribution in [3.8, 4) is 0 Å². The standard InChI is InChI=1S/C28H31N2O2S.CHF3O3S/c1-28(2,3)32-27(31)30-21-15-16-25(30)24(18-21)20-14-17-26(29-19-20)33(22-10-6-4-7-11-22)23-12-8-5-9-13-23;2-1(3,4)8(5,6)7/h4-14,17,19,21,24-25H,15-16,18H2,1-3H3;(H,5,6,7)/q+1;/p-1/t21-,24+,25+;/m0./s1. The number of amides is 1. The molecular weight excluding hydrogens is 577 g/mol. The van der Waals surface area contributed by atoms with Crippen LogP contribution in [0.25, 0.3) is 0 Å². The third-order valence-electron chi connectivity index (χ3n) is 6.78. The van der Waals surface area contributed by atoms with Gasteiger partial charge in [-0.3, -0.25) is 0 Å². The number of rotatable bonds is 4. The first-order valence-corrected chi connectivity index (χ1v) is 15.6. The molecule has 12 heteroatoms. The number of halogens is 3. The summed E-state index contributed by atoms with van der Waals surface area (Å²) in [5.41, 5.74) is -4.89. The number of carbonyl (C=O) groups excluding carboxylic acids is 1. The number of hydrogen-bond donors (Lipinski definition) is 0. The van der Waals surface area contributed by atoms with Gasteiger partial charge in [0.15, 0.2) is 19.9 Å². The molecule has 2 saturated heterocycles. The average molecular weight is 609 g/mol.